The number of carbonyl (C=O) groups excluding carboxylic acids is 1. The Kier molecular flexibility index (Phi) is 6.20. The molecular weight excluding hydrogens is 440 g/mol. The third kappa shape index (κ3) is 4.41. The van der Waals surface area contributed by atoms with Crippen molar-refractivity contribution in [2.75, 3.05) is 20.2 Å². The maximum absolute atomic E-state index is 12.5. The summed E-state index contributed by atoms with van der Waals surface area (Å²) in [6.07, 6.45) is 5.95. The van der Waals surface area contributed by atoms with Crippen molar-refractivity contribution in [3.05, 3.63) is 70.0 Å². The van der Waals surface area contributed by atoms with Gasteiger partial charge in [-0.2, -0.15) is 5.10 Å². The molecule has 0 spiro atoms. The number of halogens is 1. The Bertz CT molecular complexity index is 1210. The van der Waals surface area contributed by atoms with Gasteiger partial charge in [0, 0.05) is 49.9 Å². The van der Waals surface area contributed by atoms with Crippen molar-refractivity contribution >= 4 is 23.3 Å². The minimum Gasteiger partial charge on any atom is -0.464 e. The van der Waals surface area contributed by atoms with Gasteiger partial charge in [0.05, 0.1) is 24.2 Å². The molecular formula is C24H25ClN6O2. The minimum atomic E-state index is -0.500. The fraction of sp³-hybridized carbons (Fsp3) is 0.375. The number of aliphatic imine (C=N–C) groups is 1. The number of ether oxygens (including phenoxy) is 1. The van der Waals surface area contributed by atoms with Crippen LogP contribution < -0.4 is 0 Å². The number of para-hydroxylation sites is 1. The molecule has 4 heterocycles. The first-order valence-corrected chi connectivity index (χ1v) is 11.5. The summed E-state index contributed by atoms with van der Waals surface area (Å²) in [4.78, 5) is 28.7. The van der Waals surface area contributed by atoms with Gasteiger partial charge in [0.15, 0.2) is 11.5 Å². The molecule has 2 aromatic heterocycles. The summed E-state index contributed by atoms with van der Waals surface area (Å²) in [6, 6.07) is 9.51. The molecule has 8 nitrogen and oxygen atoms in total. The number of fused-ring (bicyclic) bond motifs is 1. The maximum Gasteiger partial charge on any atom is 0.358 e. The molecule has 3 aromatic rings. The number of esters is 1. The highest BCUT2D eigenvalue weighted by Gasteiger charge is 2.27. The Labute approximate surface area is 197 Å². The number of hydrogen-bond acceptors (Lipinski definition) is 7. The number of benzene rings is 1. The largest absolute Gasteiger partial charge is 0.464 e. The summed E-state index contributed by atoms with van der Waals surface area (Å²) < 4.78 is 6.56. The molecule has 1 aromatic carbocycles. The molecule has 9 heteroatoms. The van der Waals surface area contributed by atoms with Crippen LogP contribution in [0.5, 0.6) is 0 Å². The molecule has 2 aliphatic rings. The third-order valence-corrected chi connectivity index (χ3v) is 6.47. The quantitative estimate of drug-likeness (QED) is 0.536. The van der Waals surface area contributed by atoms with Crippen LogP contribution in [0.1, 0.15) is 52.4 Å². The molecule has 0 saturated carbocycles. The van der Waals surface area contributed by atoms with Crippen molar-refractivity contribution < 1.29 is 9.53 Å². The number of hydrogen-bond donors (Lipinski definition) is 0. The predicted molar refractivity (Wildman–Crippen MR) is 125 cm³/mol. The molecule has 0 amide bonds. The summed E-state index contributed by atoms with van der Waals surface area (Å²) in [6.45, 7) is 2.81. The Morgan fingerprint density at radius 1 is 1.18 bits per heavy atom. The van der Waals surface area contributed by atoms with E-state index in [9.17, 15) is 4.79 Å². The van der Waals surface area contributed by atoms with Gasteiger partial charge in [-0.25, -0.2) is 19.4 Å². The van der Waals surface area contributed by atoms with Crippen LogP contribution in [0.25, 0.3) is 5.69 Å². The second-order valence-corrected chi connectivity index (χ2v) is 8.63. The fourth-order valence-electron chi connectivity index (χ4n) is 4.32. The first-order chi connectivity index (χ1) is 16.1. The normalized spacial score (nSPS) is 16.2. The zero-order valence-corrected chi connectivity index (χ0v) is 19.3. The van der Waals surface area contributed by atoms with Crippen molar-refractivity contribution in [3.8, 4) is 5.69 Å². The lowest BCUT2D eigenvalue weighted by atomic mass is 10.0. The molecule has 0 radical (unpaired) electrons. The van der Waals surface area contributed by atoms with Gasteiger partial charge in [-0.1, -0.05) is 29.8 Å². The Hall–Kier alpha value is -3.10. The lowest BCUT2D eigenvalue weighted by Gasteiger charge is -2.28. The second kappa shape index (κ2) is 9.41. The first kappa shape index (κ1) is 21.7. The van der Waals surface area contributed by atoms with Crippen molar-refractivity contribution in [1.29, 1.82) is 0 Å². The van der Waals surface area contributed by atoms with Gasteiger partial charge >= 0.3 is 5.97 Å². The monoisotopic (exact) mass is 464 g/mol. The van der Waals surface area contributed by atoms with Crippen LogP contribution in [0, 0.1) is 0 Å². The standard InChI is InChI=1S/C24H25ClN6O2/c1-33-24(32)21-18(22(25)31(29-21)17-7-3-2-4-8-17)15-30-12-10-19-16(14-30)13-27-23(28-19)20-9-5-6-11-26-20/h2-4,7-8,13H,5-6,9-12,14-15H2,1H3. The van der Waals surface area contributed by atoms with Gasteiger partial charge in [0.25, 0.3) is 0 Å². The lowest BCUT2D eigenvalue weighted by Crippen LogP contribution is -2.32. The fourth-order valence-corrected chi connectivity index (χ4v) is 4.61. The number of carbonyl (C=O) groups is 1. The number of rotatable bonds is 5. The van der Waals surface area contributed by atoms with Gasteiger partial charge in [0.2, 0.25) is 0 Å². The summed E-state index contributed by atoms with van der Waals surface area (Å²) in [5.74, 6) is 0.266. The summed E-state index contributed by atoms with van der Waals surface area (Å²) in [5.41, 5.74) is 4.86. The molecule has 170 valence electrons. The van der Waals surface area contributed by atoms with Crippen molar-refractivity contribution in [1.82, 2.24) is 24.6 Å². The zero-order chi connectivity index (χ0) is 22.8. The first-order valence-electron chi connectivity index (χ1n) is 11.2. The van der Waals surface area contributed by atoms with Crippen LogP contribution in [0.4, 0.5) is 0 Å². The topological polar surface area (TPSA) is 85.5 Å². The van der Waals surface area contributed by atoms with E-state index in [1.54, 1.807) is 4.68 Å². The van der Waals surface area contributed by atoms with Crippen LogP contribution in [0.3, 0.4) is 0 Å². The van der Waals surface area contributed by atoms with E-state index in [1.807, 2.05) is 36.5 Å². The third-order valence-electron chi connectivity index (χ3n) is 6.08. The molecule has 0 bridgehead atoms. The van der Waals surface area contributed by atoms with Gasteiger partial charge in [0.1, 0.15) is 5.15 Å². The van der Waals surface area contributed by atoms with Crippen LogP contribution in [-0.2, 0) is 24.2 Å². The average molecular weight is 465 g/mol. The van der Waals surface area contributed by atoms with E-state index >= 15 is 0 Å². The highest BCUT2D eigenvalue weighted by Crippen LogP contribution is 2.28. The molecule has 0 aliphatic carbocycles. The molecule has 0 fully saturated rings. The molecule has 0 saturated heterocycles. The highest BCUT2D eigenvalue weighted by atomic mass is 35.5. The average Bonchev–Trinajstić information content (AvgIpc) is 3.20. The SMILES string of the molecule is COC(=O)c1nn(-c2ccccc2)c(Cl)c1CN1CCc2nc(C3=NCCCC3)ncc2C1. The van der Waals surface area contributed by atoms with E-state index in [2.05, 4.69) is 20.0 Å². The Morgan fingerprint density at radius 2 is 2.03 bits per heavy atom. The smallest absolute Gasteiger partial charge is 0.358 e. The zero-order valence-electron chi connectivity index (χ0n) is 18.5. The van der Waals surface area contributed by atoms with Gasteiger partial charge in [-0.3, -0.25) is 9.89 Å². The van der Waals surface area contributed by atoms with Crippen LogP contribution in [0.2, 0.25) is 5.15 Å². The summed E-state index contributed by atoms with van der Waals surface area (Å²) >= 11 is 6.72. The van der Waals surface area contributed by atoms with E-state index in [0.29, 0.717) is 23.8 Å². The maximum atomic E-state index is 12.5. The Balaban J connectivity index is 1.39. The second-order valence-electron chi connectivity index (χ2n) is 8.27. The van der Waals surface area contributed by atoms with E-state index in [4.69, 9.17) is 21.3 Å². The van der Waals surface area contributed by atoms with E-state index < -0.39 is 5.97 Å². The predicted octanol–water partition coefficient (Wildman–Crippen LogP) is 3.63. The van der Waals surface area contributed by atoms with Crippen molar-refractivity contribution in [3.63, 3.8) is 0 Å². The molecule has 5 rings (SSSR count). The van der Waals surface area contributed by atoms with E-state index in [0.717, 1.165) is 67.3 Å². The van der Waals surface area contributed by atoms with E-state index in [1.165, 1.54) is 7.11 Å². The molecule has 0 N–H and O–H groups in total. The Morgan fingerprint density at radius 3 is 2.79 bits per heavy atom. The van der Waals surface area contributed by atoms with Gasteiger partial charge in [-0.15, -0.1) is 0 Å². The summed E-state index contributed by atoms with van der Waals surface area (Å²) in [7, 11) is 1.35. The molecule has 33 heavy (non-hydrogen) atoms. The summed E-state index contributed by atoms with van der Waals surface area (Å²) in [5, 5.41) is 4.88. The highest BCUT2D eigenvalue weighted by molar-refractivity contribution is 6.31. The minimum absolute atomic E-state index is 0.235. The molecule has 2 aliphatic heterocycles. The number of nitrogens with zero attached hydrogens (tertiary/aromatic N) is 6. The van der Waals surface area contributed by atoms with Crippen molar-refractivity contribution in [2.24, 2.45) is 4.99 Å². The number of methoxy groups -OCH3 is 1. The number of aromatic nitrogens is 4. The van der Waals surface area contributed by atoms with Crippen LogP contribution >= 0.6 is 11.6 Å². The molecule has 0 atom stereocenters. The lowest BCUT2D eigenvalue weighted by molar-refractivity contribution is 0.0591. The van der Waals surface area contributed by atoms with E-state index in [-0.39, 0.29) is 5.69 Å². The van der Waals surface area contributed by atoms with Crippen LogP contribution in [0.15, 0.2) is 41.5 Å². The van der Waals surface area contributed by atoms with Crippen molar-refractivity contribution in [2.45, 2.75) is 38.8 Å². The van der Waals surface area contributed by atoms with Gasteiger partial charge < -0.3 is 4.74 Å². The van der Waals surface area contributed by atoms with Crippen LogP contribution in [-0.4, -0.2) is 56.5 Å². The molecule has 0 unspecified atom stereocenters. The van der Waals surface area contributed by atoms with Gasteiger partial charge in [-0.05, 0) is 31.4 Å².